The van der Waals surface area contributed by atoms with E-state index in [-0.39, 0.29) is 6.29 Å². The van der Waals surface area contributed by atoms with Gasteiger partial charge in [-0.15, -0.1) is 0 Å². The van der Waals surface area contributed by atoms with E-state index in [9.17, 15) is 0 Å². The molecule has 2 nitrogen and oxygen atoms in total. The molecule has 0 N–H and O–H groups in total. The summed E-state index contributed by atoms with van der Waals surface area (Å²) >= 11 is 0. The van der Waals surface area contributed by atoms with Crippen molar-refractivity contribution >= 4 is 0 Å². The van der Waals surface area contributed by atoms with Crippen molar-refractivity contribution in [2.45, 2.75) is 45.3 Å². The van der Waals surface area contributed by atoms with Gasteiger partial charge in [0.05, 0.1) is 13.2 Å². The molecular weight excluding hydrogens is 212 g/mol. The van der Waals surface area contributed by atoms with E-state index in [1.165, 1.54) is 37.7 Å². The molecule has 0 aliphatic carbocycles. The maximum Gasteiger partial charge on any atom is 0.184 e. The molecule has 17 heavy (non-hydrogen) atoms. The third kappa shape index (κ3) is 3.83. The van der Waals surface area contributed by atoms with Crippen molar-refractivity contribution in [1.82, 2.24) is 0 Å². The largest absolute Gasteiger partial charge is 0.346 e. The number of ether oxygens (including phenoxy) is 2. The van der Waals surface area contributed by atoms with Gasteiger partial charge < -0.3 is 9.47 Å². The van der Waals surface area contributed by atoms with Crippen LogP contribution in [0, 0.1) is 0 Å². The minimum Gasteiger partial charge on any atom is -0.346 e. The van der Waals surface area contributed by atoms with Gasteiger partial charge in [0.15, 0.2) is 6.29 Å². The summed E-state index contributed by atoms with van der Waals surface area (Å²) in [6.07, 6.45) is 6.34. The van der Waals surface area contributed by atoms with Crippen LogP contribution in [0.1, 0.15) is 50.0 Å². The summed E-state index contributed by atoms with van der Waals surface area (Å²) in [6, 6.07) is 8.66. The molecule has 0 aromatic heterocycles. The monoisotopic (exact) mass is 234 g/mol. The van der Waals surface area contributed by atoms with Gasteiger partial charge in [0.2, 0.25) is 0 Å². The first-order valence-electron chi connectivity index (χ1n) is 6.72. The molecule has 2 rings (SSSR count). The molecule has 2 heteroatoms. The molecule has 0 spiro atoms. The highest BCUT2D eigenvalue weighted by atomic mass is 16.7. The summed E-state index contributed by atoms with van der Waals surface area (Å²) < 4.78 is 10.9. The van der Waals surface area contributed by atoms with Crippen LogP contribution in [-0.2, 0) is 15.9 Å². The van der Waals surface area contributed by atoms with Crippen LogP contribution in [0.5, 0.6) is 0 Å². The van der Waals surface area contributed by atoms with Gasteiger partial charge in [0.1, 0.15) is 0 Å². The Morgan fingerprint density at radius 1 is 1.00 bits per heavy atom. The molecule has 1 saturated heterocycles. The predicted molar refractivity (Wildman–Crippen MR) is 68.9 cm³/mol. The molecule has 0 saturated carbocycles. The van der Waals surface area contributed by atoms with Crippen molar-refractivity contribution in [3.63, 3.8) is 0 Å². The summed E-state index contributed by atoms with van der Waals surface area (Å²) in [5, 5.41) is 0. The highest BCUT2D eigenvalue weighted by molar-refractivity contribution is 5.23. The SMILES string of the molecule is CCCCCCc1ccc(C2OCCO2)cc1. The Balaban J connectivity index is 1.80. The number of hydrogen-bond acceptors (Lipinski definition) is 2. The van der Waals surface area contributed by atoms with Crippen LogP contribution in [0.25, 0.3) is 0 Å². The zero-order valence-electron chi connectivity index (χ0n) is 10.7. The average Bonchev–Trinajstić information content (AvgIpc) is 2.89. The van der Waals surface area contributed by atoms with Crippen molar-refractivity contribution in [3.8, 4) is 0 Å². The number of hydrogen-bond donors (Lipinski definition) is 0. The molecule has 1 heterocycles. The second-order valence-corrected chi connectivity index (χ2v) is 4.63. The van der Waals surface area contributed by atoms with Gasteiger partial charge in [-0.05, 0) is 18.4 Å². The first-order chi connectivity index (χ1) is 8.40. The fourth-order valence-electron chi connectivity index (χ4n) is 2.15. The van der Waals surface area contributed by atoms with Gasteiger partial charge in [-0.25, -0.2) is 0 Å². The second kappa shape index (κ2) is 6.77. The van der Waals surface area contributed by atoms with Gasteiger partial charge in [-0.3, -0.25) is 0 Å². The van der Waals surface area contributed by atoms with E-state index >= 15 is 0 Å². The minimum atomic E-state index is -0.135. The van der Waals surface area contributed by atoms with Gasteiger partial charge in [-0.1, -0.05) is 50.5 Å². The molecule has 1 aromatic carbocycles. The summed E-state index contributed by atoms with van der Waals surface area (Å²) in [5.74, 6) is 0. The van der Waals surface area contributed by atoms with Gasteiger partial charge in [0, 0.05) is 5.56 Å². The van der Waals surface area contributed by atoms with Crippen molar-refractivity contribution in [3.05, 3.63) is 35.4 Å². The third-order valence-electron chi connectivity index (χ3n) is 3.19. The van der Waals surface area contributed by atoms with Gasteiger partial charge >= 0.3 is 0 Å². The molecule has 0 atom stereocenters. The van der Waals surface area contributed by atoms with Crippen molar-refractivity contribution < 1.29 is 9.47 Å². The van der Waals surface area contributed by atoms with E-state index in [4.69, 9.17) is 9.47 Å². The molecule has 0 amide bonds. The van der Waals surface area contributed by atoms with Crippen LogP contribution in [-0.4, -0.2) is 13.2 Å². The zero-order valence-corrected chi connectivity index (χ0v) is 10.7. The lowest BCUT2D eigenvalue weighted by Crippen LogP contribution is -1.98. The highest BCUT2D eigenvalue weighted by Gasteiger charge is 2.17. The van der Waals surface area contributed by atoms with Gasteiger partial charge in [-0.2, -0.15) is 0 Å². The van der Waals surface area contributed by atoms with Crippen LogP contribution < -0.4 is 0 Å². The van der Waals surface area contributed by atoms with Crippen LogP contribution in [0.4, 0.5) is 0 Å². The maximum atomic E-state index is 5.47. The summed E-state index contributed by atoms with van der Waals surface area (Å²) in [4.78, 5) is 0. The first kappa shape index (κ1) is 12.6. The van der Waals surface area contributed by atoms with E-state index in [1.807, 2.05) is 0 Å². The van der Waals surface area contributed by atoms with Crippen molar-refractivity contribution in [1.29, 1.82) is 0 Å². The Bertz CT molecular complexity index is 312. The number of unbranched alkanes of at least 4 members (excludes halogenated alkanes) is 3. The minimum absolute atomic E-state index is 0.135. The lowest BCUT2D eigenvalue weighted by molar-refractivity contribution is -0.0441. The Hall–Kier alpha value is -0.860. The summed E-state index contributed by atoms with van der Waals surface area (Å²) in [5.41, 5.74) is 2.56. The first-order valence-corrected chi connectivity index (χ1v) is 6.72. The topological polar surface area (TPSA) is 18.5 Å². The third-order valence-corrected chi connectivity index (χ3v) is 3.19. The zero-order chi connectivity index (χ0) is 11.9. The Morgan fingerprint density at radius 2 is 1.71 bits per heavy atom. The van der Waals surface area contributed by atoms with Crippen molar-refractivity contribution in [2.24, 2.45) is 0 Å². The van der Waals surface area contributed by atoms with Crippen molar-refractivity contribution in [2.75, 3.05) is 13.2 Å². The molecule has 1 aromatic rings. The molecule has 0 radical (unpaired) electrons. The normalized spacial score (nSPS) is 16.5. The van der Waals surface area contributed by atoms with Crippen LogP contribution >= 0.6 is 0 Å². The Labute approximate surface area is 104 Å². The molecule has 1 aliphatic heterocycles. The van der Waals surface area contributed by atoms with E-state index < -0.39 is 0 Å². The average molecular weight is 234 g/mol. The second-order valence-electron chi connectivity index (χ2n) is 4.63. The fourth-order valence-corrected chi connectivity index (χ4v) is 2.15. The molecule has 0 unspecified atom stereocenters. The predicted octanol–water partition coefficient (Wildman–Crippen LogP) is 3.85. The van der Waals surface area contributed by atoms with E-state index in [0.717, 1.165) is 5.56 Å². The molecular formula is C15H22O2. The summed E-state index contributed by atoms with van der Waals surface area (Å²) in [6.45, 7) is 3.67. The van der Waals surface area contributed by atoms with Gasteiger partial charge in [0.25, 0.3) is 0 Å². The fraction of sp³-hybridized carbons (Fsp3) is 0.600. The Kier molecular flexibility index (Phi) is 5.02. The molecule has 1 aliphatic rings. The summed E-state index contributed by atoms with van der Waals surface area (Å²) in [7, 11) is 0. The lowest BCUT2D eigenvalue weighted by Gasteiger charge is -2.09. The Morgan fingerprint density at radius 3 is 2.35 bits per heavy atom. The van der Waals surface area contributed by atoms with E-state index in [1.54, 1.807) is 0 Å². The van der Waals surface area contributed by atoms with Crippen LogP contribution in [0.3, 0.4) is 0 Å². The molecule has 1 fully saturated rings. The number of aryl methyl sites for hydroxylation is 1. The quantitative estimate of drug-likeness (QED) is 0.696. The molecule has 94 valence electrons. The lowest BCUT2D eigenvalue weighted by atomic mass is 10.0. The van der Waals surface area contributed by atoms with E-state index in [2.05, 4.69) is 31.2 Å². The van der Waals surface area contributed by atoms with Crippen LogP contribution in [0.2, 0.25) is 0 Å². The number of rotatable bonds is 6. The highest BCUT2D eigenvalue weighted by Crippen LogP contribution is 2.23. The molecule has 0 bridgehead atoms. The smallest absolute Gasteiger partial charge is 0.184 e. The number of benzene rings is 1. The maximum absolute atomic E-state index is 5.47. The standard InChI is InChI=1S/C15H22O2/c1-2-3-4-5-6-13-7-9-14(10-8-13)15-16-11-12-17-15/h7-10,15H,2-6,11-12H2,1H3. The van der Waals surface area contributed by atoms with Crippen LogP contribution in [0.15, 0.2) is 24.3 Å². The van der Waals surface area contributed by atoms with E-state index in [0.29, 0.717) is 13.2 Å².